The topological polar surface area (TPSA) is 96.9 Å². The summed E-state index contributed by atoms with van der Waals surface area (Å²) in [6.07, 6.45) is 5.52. The molecule has 0 aromatic rings. The van der Waals surface area contributed by atoms with Gasteiger partial charge in [0.1, 0.15) is 11.6 Å². The first-order valence-corrected chi connectivity index (χ1v) is 10.3. The number of alkyl carbamates (subject to hydrolysis) is 1. The third kappa shape index (κ3) is 7.66. The lowest BCUT2D eigenvalue weighted by atomic mass is 9.91. The summed E-state index contributed by atoms with van der Waals surface area (Å²) >= 11 is 0. The van der Waals surface area contributed by atoms with Gasteiger partial charge in [-0.1, -0.05) is 6.42 Å². The lowest BCUT2D eigenvalue weighted by Gasteiger charge is -2.31. The van der Waals surface area contributed by atoms with E-state index in [2.05, 4.69) is 10.6 Å². The summed E-state index contributed by atoms with van der Waals surface area (Å²) in [4.78, 5) is 24.9. The number of rotatable bonds is 7. The van der Waals surface area contributed by atoms with Crippen LogP contribution < -0.4 is 10.6 Å². The second kappa shape index (κ2) is 10.3. The number of carbonyl (C=O) groups excluding carboxylic acids is 2. The van der Waals surface area contributed by atoms with Crippen LogP contribution in [-0.2, 0) is 14.3 Å². The molecule has 2 rings (SSSR count). The van der Waals surface area contributed by atoms with Crippen LogP contribution in [0.3, 0.4) is 0 Å². The second-order valence-corrected chi connectivity index (χ2v) is 8.77. The van der Waals surface area contributed by atoms with Gasteiger partial charge in [-0.15, -0.1) is 0 Å². The number of hydrogen-bond donors (Lipinski definition) is 3. The molecule has 2 aliphatic rings. The average Bonchev–Trinajstić information content (AvgIpc) is 3.00. The monoisotopic (exact) mass is 384 g/mol. The fourth-order valence-electron chi connectivity index (χ4n) is 3.92. The van der Waals surface area contributed by atoms with Crippen molar-refractivity contribution in [1.29, 1.82) is 0 Å². The molecule has 1 heterocycles. The molecule has 0 bridgehead atoms. The Balaban J connectivity index is 1.83. The SMILES string of the molecule is CC(C)(C)OC(=O)N[C@H](C(=O)NCCC[C@@H]1CCC[C@@H]1O)C1CCOCC1. The molecule has 2 fully saturated rings. The molecule has 0 aromatic heterocycles. The van der Waals surface area contributed by atoms with E-state index in [1.54, 1.807) is 20.8 Å². The Morgan fingerprint density at radius 3 is 2.48 bits per heavy atom. The van der Waals surface area contributed by atoms with Crippen LogP contribution in [0.1, 0.15) is 65.7 Å². The number of nitrogens with one attached hydrogen (secondary N) is 2. The van der Waals surface area contributed by atoms with Gasteiger partial charge >= 0.3 is 6.09 Å². The lowest BCUT2D eigenvalue weighted by molar-refractivity contribution is -0.125. The quantitative estimate of drug-likeness (QED) is 0.586. The van der Waals surface area contributed by atoms with Gasteiger partial charge in [-0.05, 0) is 71.1 Å². The Hall–Kier alpha value is -1.34. The summed E-state index contributed by atoms with van der Waals surface area (Å²) in [5.41, 5.74) is -0.608. The third-order valence-electron chi connectivity index (χ3n) is 5.36. The minimum atomic E-state index is -0.610. The largest absolute Gasteiger partial charge is 0.444 e. The summed E-state index contributed by atoms with van der Waals surface area (Å²) in [6.45, 7) is 7.15. The highest BCUT2D eigenvalue weighted by molar-refractivity contribution is 5.86. The zero-order valence-electron chi connectivity index (χ0n) is 17.0. The first kappa shape index (κ1) is 22.0. The number of hydrogen-bond acceptors (Lipinski definition) is 5. The van der Waals surface area contributed by atoms with Gasteiger partial charge in [-0.3, -0.25) is 4.79 Å². The van der Waals surface area contributed by atoms with Crippen LogP contribution in [0.2, 0.25) is 0 Å². The van der Waals surface area contributed by atoms with E-state index >= 15 is 0 Å². The molecule has 7 heteroatoms. The van der Waals surface area contributed by atoms with Crippen LogP contribution in [0.4, 0.5) is 4.79 Å². The highest BCUT2D eigenvalue weighted by Crippen LogP contribution is 2.29. The van der Waals surface area contributed by atoms with Crippen molar-refractivity contribution in [2.75, 3.05) is 19.8 Å². The molecule has 3 N–H and O–H groups in total. The summed E-state index contributed by atoms with van der Waals surface area (Å²) < 4.78 is 10.7. The lowest BCUT2D eigenvalue weighted by Crippen LogP contribution is -2.53. The molecule has 1 saturated carbocycles. The average molecular weight is 385 g/mol. The van der Waals surface area contributed by atoms with Gasteiger partial charge in [0, 0.05) is 19.8 Å². The molecule has 1 aliphatic carbocycles. The van der Waals surface area contributed by atoms with Crippen LogP contribution in [0.25, 0.3) is 0 Å². The minimum Gasteiger partial charge on any atom is -0.444 e. The van der Waals surface area contributed by atoms with Crippen LogP contribution in [0.5, 0.6) is 0 Å². The highest BCUT2D eigenvalue weighted by atomic mass is 16.6. The van der Waals surface area contributed by atoms with Crippen molar-refractivity contribution < 1.29 is 24.2 Å². The standard InChI is InChI=1S/C20H36N2O5/c1-20(2,3)27-19(25)22-17(15-9-12-26-13-10-15)18(24)21-11-5-7-14-6-4-8-16(14)23/h14-17,23H,4-13H2,1-3H3,(H,21,24)(H,22,25)/t14-,16-,17-/m0/s1. The zero-order valence-corrected chi connectivity index (χ0v) is 17.0. The van der Waals surface area contributed by atoms with E-state index in [-0.39, 0.29) is 17.9 Å². The van der Waals surface area contributed by atoms with E-state index in [1.807, 2.05) is 0 Å². The molecule has 0 aromatic carbocycles. The Kier molecular flexibility index (Phi) is 8.35. The number of aliphatic hydroxyl groups excluding tert-OH is 1. The van der Waals surface area contributed by atoms with Crippen LogP contribution in [0, 0.1) is 11.8 Å². The predicted molar refractivity (Wildman–Crippen MR) is 102 cm³/mol. The predicted octanol–water partition coefficient (Wildman–Crippen LogP) is 2.36. The fraction of sp³-hybridized carbons (Fsp3) is 0.900. The van der Waals surface area contributed by atoms with Gasteiger partial charge in [0.25, 0.3) is 0 Å². The van der Waals surface area contributed by atoms with Crippen molar-refractivity contribution in [3.8, 4) is 0 Å². The molecule has 2 amide bonds. The van der Waals surface area contributed by atoms with Gasteiger partial charge in [0.15, 0.2) is 0 Å². The Bertz CT molecular complexity index is 485. The van der Waals surface area contributed by atoms with E-state index in [0.29, 0.717) is 25.7 Å². The molecule has 0 spiro atoms. The Labute approximate surface area is 162 Å². The molecule has 7 nitrogen and oxygen atoms in total. The van der Waals surface area contributed by atoms with E-state index < -0.39 is 17.7 Å². The van der Waals surface area contributed by atoms with E-state index in [9.17, 15) is 14.7 Å². The molecule has 156 valence electrons. The molecular weight excluding hydrogens is 348 g/mol. The van der Waals surface area contributed by atoms with Gasteiger partial charge in [0.2, 0.25) is 5.91 Å². The van der Waals surface area contributed by atoms with E-state index in [1.165, 1.54) is 0 Å². The van der Waals surface area contributed by atoms with Crippen molar-refractivity contribution >= 4 is 12.0 Å². The highest BCUT2D eigenvalue weighted by Gasteiger charge is 2.32. The Morgan fingerprint density at radius 2 is 1.89 bits per heavy atom. The number of aliphatic hydroxyl groups is 1. The minimum absolute atomic E-state index is 0.0444. The molecule has 0 unspecified atom stereocenters. The van der Waals surface area contributed by atoms with E-state index in [4.69, 9.17) is 9.47 Å². The van der Waals surface area contributed by atoms with Crippen LogP contribution >= 0.6 is 0 Å². The smallest absolute Gasteiger partial charge is 0.408 e. The number of carbonyl (C=O) groups is 2. The molecule has 0 radical (unpaired) electrons. The van der Waals surface area contributed by atoms with Gasteiger partial charge in [0.05, 0.1) is 6.10 Å². The van der Waals surface area contributed by atoms with Crippen LogP contribution in [-0.4, -0.2) is 54.6 Å². The van der Waals surface area contributed by atoms with Gasteiger partial charge in [-0.25, -0.2) is 4.79 Å². The number of ether oxygens (including phenoxy) is 2. The van der Waals surface area contributed by atoms with Crippen molar-refractivity contribution in [1.82, 2.24) is 10.6 Å². The first-order chi connectivity index (χ1) is 12.8. The summed E-state index contributed by atoms with van der Waals surface area (Å²) in [5.74, 6) is 0.232. The van der Waals surface area contributed by atoms with Crippen molar-refractivity contribution in [2.24, 2.45) is 11.8 Å². The molecule has 1 saturated heterocycles. The van der Waals surface area contributed by atoms with E-state index in [0.717, 1.165) is 44.9 Å². The molecule has 27 heavy (non-hydrogen) atoms. The van der Waals surface area contributed by atoms with Crippen molar-refractivity contribution in [3.05, 3.63) is 0 Å². The fourth-order valence-corrected chi connectivity index (χ4v) is 3.92. The Morgan fingerprint density at radius 1 is 1.19 bits per heavy atom. The summed E-state index contributed by atoms with van der Waals surface area (Å²) in [7, 11) is 0. The normalized spacial score (nSPS) is 25.0. The summed E-state index contributed by atoms with van der Waals surface area (Å²) in [6, 6.07) is -0.610. The third-order valence-corrected chi connectivity index (χ3v) is 5.36. The molecular formula is C20H36N2O5. The molecule has 3 atom stereocenters. The summed E-state index contributed by atoms with van der Waals surface area (Å²) in [5, 5.41) is 15.6. The van der Waals surface area contributed by atoms with Crippen LogP contribution in [0.15, 0.2) is 0 Å². The zero-order chi connectivity index (χ0) is 19.9. The maximum absolute atomic E-state index is 12.7. The first-order valence-electron chi connectivity index (χ1n) is 10.3. The van der Waals surface area contributed by atoms with Gasteiger partial charge in [-0.2, -0.15) is 0 Å². The molecule has 1 aliphatic heterocycles. The van der Waals surface area contributed by atoms with Crippen molar-refractivity contribution in [3.63, 3.8) is 0 Å². The maximum atomic E-state index is 12.7. The maximum Gasteiger partial charge on any atom is 0.408 e. The van der Waals surface area contributed by atoms with Crippen molar-refractivity contribution in [2.45, 2.75) is 83.5 Å². The van der Waals surface area contributed by atoms with Gasteiger partial charge < -0.3 is 25.2 Å². The number of amides is 2. The second-order valence-electron chi connectivity index (χ2n) is 8.77.